The minimum Gasteiger partial charge on any atom is -0.325 e. The first-order valence-electron chi connectivity index (χ1n) is 4.81. The molecule has 0 N–H and O–H groups in total. The van der Waals surface area contributed by atoms with Crippen molar-refractivity contribution in [1.82, 2.24) is 0 Å². The van der Waals surface area contributed by atoms with Gasteiger partial charge < -0.3 is 4.52 Å². The minimum absolute atomic E-state index is 0.272. The van der Waals surface area contributed by atoms with Crippen LogP contribution in [0.1, 0.15) is 38.5 Å². The van der Waals surface area contributed by atoms with Crippen LogP contribution in [0.4, 0.5) is 0 Å². The molecule has 1 saturated carbocycles. The van der Waals surface area contributed by atoms with Gasteiger partial charge in [-0.15, -0.1) is 0 Å². The van der Waals surface area contributed by atoms with E-state index < -0.39 is 7.37 Å². The Kier molecular flexibility index (Phi) is 3.79. The van der Waals surface area contributed by atoms with Crippen molar-refractivity contribution >= 4 is 7.37 Å². The highest BCUT2D eigenvalue weighted by atomic mass is 31.2. The largest absolute Gasteiger partial charge is 0.325 e. The predicted molar refractivity (Wildman–Crippen MR) is 52.0 cm³/mol. The van der Waals surface area contributed by atoms with Crippen LogP contribution in [-0.4, -0.2) is 19.4 Å². The summed E-state index contributed by atoms with van der Waals surface area (Å²) in [5, 5.41) is 0. The molecule has 0 aliphatic heterocycles. The van der Waals surface area contributed by atoms with Gasteiger partial charge in [0.05, 0.1) is 6.10 Å². The topological polar surface area (TPSA) is 26.3 Å². The maximum atomic E-state index is 11.4. The smallest absolute Gasteiger partial charge is 0.197 e. The third kappa shape index (κ3) is 4.27. The maximum Gasteiger partial charge on any atom is 0.197 e. The van der Waals surface area contributed by atoms with E-state index >= 15 is 0 Å². The van der Waals surface area contributed by atoms with Crippen molar-refractivity contribution < 1.29 is 9.09 Å². The molecular formula is C9H19O2P. The van der Waals surface area contributed by atoms with Crippen LogP contribution >= 0.6 is 7.37 Å². The van der Waals surface area contributed by atoms with E-state index in [0.717, 1.165) is 12.8 Å². The summed E-state index contributed by atoms with van der Waals surface area (Å²) in [7, 11) is -2.25. The minimum atomic E-state index is -2.25. The average Bonchev–Trinajstić information content (AvgIpc) is 2.12. The summed E-state index contributed by atoms with van der Waals surface area (Å²) in [6.07, 6.45) is 7.59. The predicted octanol–water partition coefficient (Wildman–Crippen LogP) is 3.26. The Balaban J connectivity index is 2.35. The molecule has 1 aliphatic carbocycles. The molecule has 0 atom stereocenters. The number of hydrogen-bond donors (Lipinski definition) is 0. The van der Waals surface area contributed by atoms with Crippen molar-refractivity contribution in [2.75, 3.05) is 13.3 Å². The lowest BCUT2D eigenvalue weighted by molar-refractivity contribution is 0.190. The molecule has 1 aliphatic rings. The monoisotopic (exact) mass is 190 g/mol. The van der Waals surface area contributed by atoms with Gasteiger partial charge in [-0.2, -0.15) is 0 Å². The first-order chi connectivity index (χ1) is 5.58. The highest BCUT2D eigenvalue weighted by Crippen LogP contribution is 2.41. The molecule has 2 nitrogen and oxygen atoms in total. The molecule has 0 heterocycles. The Morgan fingerprint density at radius 1 is 1.08 bits per heavy atom. The van der Waals surface area contributed by atoms with Crippen LogP contribution in [0.3, 0.4) is 0 Å². The molecule has 1 fully saturated rings. The second-order valence-electron chi connectivity index (χ2n) is 3.97. The standard InChI is InChI=1S/C9H19O2P/c1-12(2,10)11-9-7-5-3-4-6-8-9/h9H,3-8H2,1-2H3. The highest BCUT2D eigenvalue weighted by molar-refractivity contribution is 7.57. The van der Waals surface area contributed by atoms with Gasteiger partial charge in [-0.1, -0.05) is 25.7 Å². The summed E-state index contributed by atoms with van der Waals surface area (Å²) < 4.78 is 16.9. The molecule has 0 aromatic heterocycles. The van der Waals surface area contributed by atoms with Crippen LogP contribution in [0.2, 0.25) is 0 Å². The Hall–Kier alpha value is 0.190. The van der Waals surface area contributed by atoms with Crippen molar-refractivity contribution in [3.05, 3.63) is 0 Å². The van der Waals surface area contributed by atoms with Crippen LogP contribution in [0.15, 0.2) is 0 Å². The summed E-state index contributed by atoms with van der Waals surface area (Å²) in [4.78, 5) is 0. The second-order valence-corrected chi connectivity index (χ2v) is 6.69. The van der Waals surface area contributed by atoms with Crippen LogP contribution in [0, 0.1) is 0 Å². The van der Waals surface area contributed by atoms with Gasteiger partial charge in [-0.05, 0) is 12.8 Å². The highest BCUT2D eigenvalue weighted by Gasteiger charge is 2.18. The van der Waals surface area contributed by atoms with Crippen molar-refractivity contribution in [3.8, 4) is 0 Å². The van der Waals surface area contributed by atoms with E-state index in [9.17, 15) is 4.57 Å². The fraction of sp³-hybridized carbons (Fsp3) is 1.00. The van der Waals surface area contributed by atoms with E-state index in [2.05, 4.69) is 0 Å². The Morgan fingerprint density at radius 3 is 2.00 bits per heavy atom. The first-order valence-corrected chi connectivity index (χ1v) is 7.33. The third-order valence-corrected chi connectivity index (χ3v) is 3.01. The van der Waals surface area contributed by atoms with E-state index in [0.29, 0.717) is 0 Å². The van der Waals surface area contributed by atoms with Gasteiger partial charge in [0.25, 0.3) is 0 Å². The van der Waals surface area contributed by atoms with Crippen molar-refractivity contribution in [2.24, 2.45) is 0 Å². The SMILES string of the molecule is CP(C)(=O)OC1CCCCCC1. The summed E-state index contributed by atoms with van der Waals surface area (Å²) in [5.41, 5.74) is 0. The molecule has 0 aromatic carbocycles. The molecule has 1 rings (SSSR count). The van der Waals surface area contributed by atoms with Gasteiger partial charge in [0.15, 0.2) is 7.37 Å². The van der Waals surface area contributed by atoms with Gasteiger partial charge >= 0.3 is 0 Å². The van der Waals surface area contributed by atoms with Crippen LogP contribution < -0.4 is 0 Å². The van der Waals surface area contributed by atoms with Crippen LogP contribution in [0.5, 0.6) is 0 Å². The van der Waals surface area contributed by atoms with E-state index in [4.69, 9.17) is 4.52 Å². The average molecular weight is 190 g/mol. The second kappa shape index (κ2) is 4.43. The van der Waals surface area contributed by atoms with E-state index in [1.54, 1.807) is 13.3 Å². The molecule has 0 bridgehead atoms. The lowest BCUT2D eigenvalue weighted by Crippen LogP contribution is -2.09. The lowest BCUT2D eigenvalue weighted by Gasteiger charge is -2.17. The van der Waals surface area contributed by atoms with Gasteiger partial charge in [-0.25, -0.2) is 0 Å². The summed E-state index contributed by atoms with van der Waals surface area (Å²) >= 11 is 0. The molecular weight excluding hydrogens is 171 g/mol. The Bertz CT molecular complexity index is 165. The summed E-state index contributed by atoms with van der Waals surface area (Å²) in [6.45, 7) is 3.41. The molecule has 72 valence electrons. The third-order valence-electron chi connectivity index (χ3n) is 2.21. The molecule has 0 saturated heterocycles. The molecule has 0 spiro atoms. The van der Waals surface area contributed by atoms with E-state index in [1.165, 1.54) is 25.7 Å². The van der Waals surface area contributed by atoms with Crippen molar-refractivity contribution in [1.29, 1.82) is 0 Å². The summed E-state index contributed by atoms with van der Waals surface area (Å²) in [5.74, 6) is 0. The van der Waals surface area contributed by atoms with Gasteiger partial charge in [0, 0.05) is 13.3 Å². The van der Waals surface area contributed by atoms with E-state index in [1.807, 2.05) is 0 Å². The fourth-order valence-corrected chi connectivity index (χ4v) is 2.64. The summed E-state index contributed by atoms with van der Waals surface area (Å²) in [6, 6.07) is 0. The molecule has 3 heteroatoms. The molecule has 0 aromatic rings. The Morgan fingerprint density at radius 2 is 1.58 bits per heavy atom. The fourth-order valence-electron chi connectivity index (χ4n) is 1.71. The van der Waals surface area contributed by atoms with E-state index in [-0.39, 0.29) is 6.10 Å². The normalized spacial score (nSPS) is 22.2. The lowest BCUT2D eigenvalue weighted by atomic mass is 10.2. The maximum absolute atomic E-state index is 11.4. The first kappa shape index (κ1) is 10.3. The van der Waals surface area contributed by atoms with Crippen molar-refractivity contribution in [2.45, 2.75) is 44.6 Å². The van der Waals surface area contributed by atoms with Crippen LogP contribution in [0.25, 0.3) is 0 Å². The quantitative estimate of drug-likeness (QED) is 0.493. The molecule has 12 heavy (non-hydrogen) atoms. The Labute approximate surface area is 75.1 Å². The zero-order valence-corrected chi connectivity index (χ0v) is 8.98. The van der Waals surface area contributed by atoms with Gasteiger partial charge in [-0.3, -0.25) is 4.57 Å². The number of hydrogen-bond acceptors (Lipinski definition) is 2. The van der Waals surface area contributed by atoms with Gasteiger partial charge in [0.2, 0.25) is 0 Å². The number of rotatable bonds is 2. The van der Waals surface area contributed by atoms with Crippen LogP contribution in [-0.2, 0) is 9.09 Å². The molecule has 0 radical (unpaired) electrons. The molecule has 0 amide bonds. The van der Waals surface area contributed by atoms with Crippen molar-refractivity contribution in [3.63, 3.8) is 0 Å². The zero-order chi connectivity index (χ0) is 9.03. The zero-order valence-electron chi connectivity index (χ0n) is 8.08. The van der Waals surface area contributed by atoms with Gasteiger partial charge in [0.1, 0.15) is 0 Å². The molecule has 0 unspecified atom stereocenters.